The van der Waals surface area contributed by atoms with Gasteiger partial charge in [-0.25, -0.2) is 0 Å². The number of nitrogens with zero attached hydrogens (tertiary/aromatic N) is 1. The van der Waals surface area contributed by atoms with Crippen molar-refractivity contribution in [1.29, 1.82) is 0 Å². The molecule has 0 aromatic heterocycles. The molecule has 1 heterocycles. The van der Waals surface area contributed by atoms with Gasteiger partial charge in [-0.3, -0.25) is 0 Å². The van der Waals surface area contributed by atoms with Gasteiger partial charge in [-0.1, -0.05) is 72.9 Å². The highest BCUT2D eigenvalue weighted by atomic mass is 32.1. The molecule has 0 unspecified atom stereocenters. The van der Waals surface area contributed by atoms with Gasteiger partial charge in [0.1, 0.15) is 4.99 Å². The minimum atomic E-state index is 0.972. The molecule has 0 aliphatic carbocycles. The molecule has 0 saturated heterocycles. The van der Waals surface area contributed by atoms with Crippen molar-refractivity contribution in [3.8, 4) is 0 Å². The highest BCUT2D eigenvalue weighted by Gasteiger charge is 2.25. The van der Waals surface area contributed by atoms with Crippen LogP contribution >= 0.6 is 12.2 Å². The van der Waals surface area contributed by atoms with Crippen molar-refractivity contribution < 1.29 is 0 Å². The average molecular weight is 303 g/mol. The Morgan fingerprint density at radius 3 is 2.41 bits per heavy atom. The van der Waals surface area contributed by atoms with E-state index >= 15 is 0 Å². The second-order valence-electron chi connectivity index (χ2n) is 5.73. The Bertz CT molecular complexity index is 833. The molecule has 0 N–H and O–H groups in total. The van der Waals surface area contributed by atoms with Crippen LogP contribution in [0.3, 0.4) is 0 Å². The van der Waals surface area contributed by atoms with Crippen LogP contribution in [-0.2, 0) is 6.42 Å². The highest BCUT2D eigenvalue weighted by Crippen LogP contribution is 2.37. The van der Waals surface area contributed by atoms with Gasteiger partial charge in [0, 0.05) is 17.5 Å². The lowest BCUT2D eigenvalue weighted by Crippen LogP contribution is -2.27. The standard InChI is InChI=1S/C20H17NS/c22-20-17-12-4-10-16-11-5-13-18(19(16)17)21(20)14-6-9-15-7-2-1-3-8-15/h1-5,7-8,10-13H,6,9,14H2. The van der Waals surface area contributed by atoms with Crippen LogP contribution in [-0.4, -0.2) is 11.5 Å². The third-order valence-corrected chi connectivity index (χ3v) is 4.78. The Morgan fingerprint density at radius 2 is 1.59 bits per heavy atom. The summed E-state index contributed by atoms with van der Waals surface area (Å²) in [4.78, 5) is 3.27. The topological polar surface area (TPSA) is 3.24 Å². The van der Waals surface area contributed by atoms with Gasteiger partial charge < -0.3 is 4.90 Å². The molecule has 0 atom stereocenters. The van der Waals surface area contributed by atoms with Crippen LogP contribution in [0.25, 0.3) is 10.8 Å². The quantitative estimate of drug-likeness (QED) is 0.626. The van der Waals surface area contributed by atoms with Crippen LogP contribution in [0.4, 0.5) is 5.69 Å². The van der Waals surface area contributed by atoms with Crippen molar-refractivity contribution in [2.75, 3.05) is 11.4 Å². The fraction of sp³-hybridized carbons (Fsp3) is 0.150. The molecule has 1 nitrogen and oxygen atoms in total. The molecule has 0 saturated carbocycles. The Labute approximate surface area is 136 Å². The van der Waals surface area contributed by atoms with Gasteiger partial charge in [0.05, 0.1) is 5.69 Å². The van der Waals surface area contributed by atoms with E-state index in [1.54, 1.807) is 0 Å². The predicted octanol–water partition coefficient (Wildman–Crippen LogP) is 4.97. The summed E-state index contributed by atoms with van der Waals surface area (Å²) in [6.45, 7) is 0.974. The number of hydrogen-bond acceptors (Lipinski definition) is 1. The van der Waals surface area contributed by atoms with E-state index < -0.39 is 0 Å². The summed E-state index contributed by atoms with van der Waals surface area (Å²) in [6.07, 6.45) is 2.20. The van der Waals surface area contributed by atoms with Crippen molar-refractivity contribution in [1.82, 2.24) is 0 Å². The minimum Gasteiger partial charge on any atom is -0.332 e. The molecule has 3 aromatic rings. The van der Waals surface area contributed by atoms with E-state index in [0.29, 0.717) is 0 Å². The molecule has 1 aliphatic heterocycles. The fourth-order valence-electron chi connectivity index (χ4n) is 3.29. The smallest absolute Gasteiger partial charge is 0.114 e. The van der Waals surface area contributed by atoms with Gasteiger partial charge in [0.25, 0.3) is 0 Å². The van der Waals surface area contributed by atoms with Crippen molar-refractivity contribution in [2.24, 2.45) is 0 Å². The van der Waals surface area contributed by atoms with E-state index in [2.05, 4.69) is 71.6 Å². The number of aryl methyl sites for hydroxylation is 1. The van der Waals surface area contributed by atoms with E-state index in [4.69, 9.17) is 12.2 Å². The normalized spacial score (nSPS) is 13.1. The first-order chi connectivity index (χ1) is 10.8. The van der Waals surface area contributed by atoms with Gasteiger partial charge in [0.2, 0.25) is 0 Å². The summed E-state index contributed by atoms with van der Waals surface area (Å²) in [7, 11) is 0. The molecule has 4 rings (SSSR count). The summed E-state index contributed by atoms with van der Waals surface area (Å²) in [6, 6.07) is 23.5. The maximum Gasteiger partial charge on any atom is 0.114 e. The predicted molar refractivity (Wildman–Crippen MR) is 97.8 cm³/mol. The molecule has 108 valence electrons. The summed E-state index contributed by atoms with van der Waals surface area (Å²) in [5.74, 6) is 0. The summed E-state index contributed by atoms with van der Waals surface area (Å²) < 4.78 is 0. The molecule has 0 amide bonds. The van der Waals surface area contributed by atoms with E-state index in [1.165, 1.54) is 27.6 Å². The SMILES string of the molecule is S=C1c2cccc3cccc(c23)N1CCCc1ccccc1. The molecular weight excluding hydrogens is 286 g/mol. The summed E-state index contributed by atoms with van der Waals surface area (Å²) in [5, 5.41) is 2.60. The minimum absolute atomic E-state index is 0.972. The first-order valence-corrected chi connectivity index (χ1v) is 8.13. The summed E-state index contributed by atoms with van der Waals surface area (Å²) >= 11 is 5.71. The van der Waals surface area contributed by atoms with Crippen LogP contribution in [0.2, 0.25) is 0 Å². The molecule has 1 aliphatic rings. The van der Waals surface area contributed by atoms with Crippen molar-refractivity contribution >= 4 is 33.7 Å². The Balaban J connectivity index is 1.57. The van der Waals surface area contributed by atoms with Crippen LogP contribution < -0.4 is 4.90 Å². The number of hydrogen-bond donors (Lipinski definition) is 0. The summed E-state index contributed by atoms with van der Waals surface area (Å²) in [5.41, 5.74) is 3.87. The maximum atomic E-state index is 5.71. The first-order valence-electron chi connectivity index (χ1n) is 7.72. The lowest BCUT2D eigenvalue weighted by Gasteiger charge is -2.19. The highest BCUT2D eigenvalue weighted by molar-refractivity contribution is 7.81. The Hall–Kier alpha value is -2.19. The molecule has 3 aromatic carbocycles. The number of rotatable bonds is 4. The fourth-order valence-corrected chi connectivity index (χ4v) is 3.65. The van der Waals surface area contributed by atoms with Gasteiger partial charge in [-0.15, -0.1) is 0 Å². The van der Waals surface area contributed by atoms with E-state index in [9.17, 15) is 0 Å². The number of anilines is 1. The Kier molecular flexibility index (Phi) is 3.39. The second kappa shape index (κ2) is 5.54. The van der Waals surface area contributed by atoms with Crippen LogP contribution in [0.15, 0.2) is 66.7 Å². The van der Waals surface area contributed by atoms with Gasteiger partial charge in [0.15, 0.2) is 0 Å². The second-order valence-corrected chi connectivity index (χ2v) is 6.11. The van der Waals surface area contributed by atoms with Crippen molar-refractivity contribution in [2.45, 2.75) is 12.8 Å². The molecular formula is C20H17NS. The first kappa shape index (κ1) is 13.5. The van der Waals surface area contributed by atoms with Crippen molar-refractivity contribution in [3.63, 3.8) is 0 Å². The molecule has 0 spiro atoms. The molecule has 0 fully saturated rings. The third kappa shape index (κ3) is 2.20. The zero-order valence-electron chi connectivity index (χ0n) is 12.3. The van der Waals surface area contributed by atoms with E-state index in [-0.39, 0.29) is 0 Å². The van der Waals surface area contributed by atoms with Gasteiger partial charge >= 0.3 is 0 Å². The zero-order valence-corrected chi connectivity index (χ0v) is 13.1. The lowest BCUT2D eigenvalue weighted by atomic mass is 10.1. The monoisotopic (exact) mass is 303 g/mol. The molecule has 0 bridgehead atoms. The average Bonchev–Trinajstić information content (AvgIpc) is 2.84. The largest absolute Gasteiger partial charge is 0.332 e. The zero-order chi connectivity index (χ0) is 14.9. The number of thiocarbonyl (C=S) groups is 1. The van der Waals surface area contributed by atoms with E-state index in [1.807, 2.05) is 0 Å². The van der Waals surface area contributed by atoms with E-state index in [0.717, 1.165) is 24.4 Å². The third-order valence-electron chi connectivity index (χ3n) is 4.34. The van der Waals surface area contributed by atoms with Crippen LogP contribution in [0.1, 0.15) is 17.5 Å². The van der Waals surface area contributed by atoms with Gasteiger partial charge in [-0.2, -0.15) is 0 Å². The lowest BCUT2D eigenvalue weighted by molar-refractivity contribution is 0.825. The molecule has 2 heteroatoms. The van der Waals surface area contributed by atoms with Crippen LogP contribution in [0, 0.1) is 0 Å². The Morgan fingerprint density at radius 1 is 0.818 bits per heavy atom. The molecule has 0 radical (unpaired) electrons. The maximum absolute atomic E-state index is 5.71. The van der Waals surface area contributed by atoms with Gasteiger partial charge in [-0.05, 0) is 29.9 Å². The molecule has 22 heavy (non-hydrogen) atoms. The number of benzene rings is 3. The van der Waals surface area contributed by atoms with Crippen LogP contribution in [0.5, 0.6) is 0 Å². The van der Waals surface area contributed by atoms with Crippen molar-refractivity contribution in [3.05, 3.63) is 77.9 Å².